The normalized spacial score (nSPS) is 17.4. The first-order chi connectivity index (χ1) is 9.43. The van der Waals surface area contributed by atoms with Gasteiger partial charge >= 0.3 is 0 Å². The van der Waals surface area contributed by atoms with Gasteiger partial charge in [-0.2, -0.15) is 0 Å². The Morgan fingerprint density at radius 1 is 0.842 bits per heavy atom. The van der Waals surface area contributed by atoms with Gasteiger partial charge in [-0.3, -0.25) is 0 Å². The average molecular weight is 250 g/mol. The van der Waals surface area contributed by atoms with Crippen LogP contribution in [0.2, 0.25) is 0 Å². The summed E-state index contributed by atoms with van der Waals surface area (Å²) in [7, 11) is 0. The van der Waals surface area contributed by atoms with Gasteiger partial charge in [-0.25, -0.2) is 0 Å². The molecule has 1 aliphatic carbocycles. The van der Waals surface area contributed by atoms with E-state index in [1.807, 2.05) is 0 Å². The highest BCUT2D eigenvalue weighted by atomic mass is 14.3. The molecule has 0 N–H and O–H groups in total. The molecule has 1 atom stereocenters. The molecule has 2 aromatic carbocycles. The summed E-state index contributed by atoms with van der Waals surface area (Å²) in [6.07, 6.45) is 7.93. The SMILES string of the molecule is c1ccc(CCCCC2CCc3ccccc32)cc1. The third kappa shape index (κ3) is 3.07. The van der Waals surface area contributed by atoms with E-state index in [1.54, 1.807) is 11.1 Å². The average Bonchev–Trinajstić information content (AvgIpc) is 2.88. The molecule has 0 heterocycles. The molecule has 19 heavy (non-hydrogen) atoms. The van der Waals surface area contributed by atoms with Crippen LogP contribution >= 0.6 is 0 Å². The second-order valence-corrected chi connectivity index (χ2v) is 5.67. The maximum absolute atomic E-state index is 2.34. The van der Waals surface area contributed by atoms with E-state index in [1.165, 1.54) is 44.1 Å². The lowest BCUT2D eigenvalue weighted by Gasteiger charge is -2.11. The zero-order chi connectivity index (χ0) is 12.9. The van der Waals surface area contributed by atoms with Gasteiger partial charge in [0, 0.05) is 0 Å². The molecular formula is C19H22. The van der Waals surface area contributed by atoms with Crippen LogP contribution < -0.4 is 0 Å². The van der Waals surface area contributed by atoms with Crippen LogP contribution in [-0.4, -0.2) is 0 Å². The van der Waals surface area contributed by atoms with E-state index in [-0.39, 0.29) is 0 Å². The van der Waals surface area contributed by atoms with Crippen LogP contribution in [0.1, 0.15) is 48.3 Å². The molecule has 0 spiro atoms. The molecule has 0 saturated carbocycles. The van der Waals surface area contributed by atoms with Crippen molar-refractivity contribution in [1.29, 1.82) is 0 Å². The van der Waals surface area contributed by atoms with Gasteiger partial charge in [-0.1, -0.05) is 61.0 Å². The van der Waals surface area contributed by atoms with Gasteiger partial charge in [0.25, 0.3) is 0 Å². The number of rotatable bonds is 5. The van der Waals surface area contributed by atoms with Gasteiger partial charge in [-0.05, 0) is 54.7 Å². The molecule has 1 unspecified atom stereocenters. The Balaban J connectivity index is 1.47. The van der Waals surface area contributed by atoms with Gasteiger partial charge in [0.1, 0.15) is 0 Å². The molecule has 0 radical (unpaired) electrons. The zero-order valence-corrected chi connectivity index (χ0v) is 11.5. The van der Waals surface area contributed by atoms with E-state index >= 15 is 0 Å². The molecular weight excluding hydrogens is 228 g/mol. The summed E-state index contributed by atoms with van der Waals surface area (Å²) in [6.45, 7) is 0. The van der Waals surface area contributed by atoms with Gasteiger partial charge < -0.3 is 0 Å². The third-order valence-corrected chi connectivity index (χ3v) is 4.37. The van der Waals surface area contributed by atoms with Gasteiger partial charge in [0.05, 0.1) is 0 Å². The molecule has 0 saturated heterocycles. The number of fused-ring (bicyclic) bond motifs is 1. The quantitative estimate of drug-likeness (QED) is 0.645. The maximum atomic E-state index is 2.34. The predicted molar refractivity (Wildman–Crippen MR) is 81.5 cm³/mol. The lowest BCUT2D eigenvalue weighted by molar-refractivity contribution is 0.567. The fourth-order valence-electron chi connectivity index (χ4n) is 3.31. The summed E-state index contributed by atoms with van der Waals surface area (Å²) in [5.74, 6) is 0.826. The standard InChI is InChI=1S/C19H22/c1-2-8-16(9-3-1)10-4-5-11-17-14-15-18-12-6-7-13-19(17)18/h1-3,6-9,12-13,17H,4-5,10-11,14-15H2. The Morgan fingerprint density at radius 2 is 1.63 bits per heavy atom. The van der Waals surface area contributed by atoms with Crippen LogP contribution in [0.4, 0.5) is 0 Å². The van der Waals surface area contributed by atoms with Crippen LogP contribution in [0.5, 0.6) is 0 Å². The van der Waals surface area contributed by atoms with Crippen molar-refractivity contribution in [2.24, 2.45) is 0 Å². The minimum Gasteiger partial charge on any atom is -0.0622 e. The lowest BCUT2D eigenvalue weighted by atomic mass is 9.94. The number of unbranched alkanes of at least 4 members (excludes halogenated alkanes) is 1. The van der Waals surface area contributed by atoms with Crippen LogP contribution in [0.15, 0.2) is 54.6 Å². The van der Waals surface area contributed by atoms with Crippen LogP contribution in [0, 0.1) is 0 Å². The topological polar surface area (TPSA) is 0 Å². The highest BCUT2D eigenvalue weighted by Crippen LogP contribution is 2.36. The summed E-state index contributed by atoms with van der Waals surface area (Å²) < 4.78 is 0. The second-order valence-electron chi connectivity index (χ2n) is 5.67. The fourth-order valence-corrected chi connectivity index (χ4v) is 3.31. The van der Waals surface area contributed by atoms with Crippen molar-refractivity contribution in [3.8, 4) is 0 Å². The maximum Gasteiger partial charge on any atom is -0.0156 e. The summed E-state index contributed by atoms with van der Waals surface area (Å²) in [4.78, 5) is 0. The molecule has 98 valence electrons. The number of hydrogen-bond donors (Lipinski definition) is 0. The minimum absolute atomic E-state index is 0.826. The van der Waals surface area contributed by atoms with Crippen LogP contribution in [0.3, 0.4) is 0 Å². The first kappa shape index (κ1) is 12.5. The molecule has 0 bridgehead atoms. The number of aryl methyl sites for hydroxylation is 2. The molecule has 0 nitrogen and oxygen atoms in total. The Morgan fingerprint density at radius 3 is 2.53 bits per heavy atom. The van der Waals surface area contributed by atoms with Crippen molar-refractivity contribution in [2.75, 3.05) is 0 Å². The lowest BCUT2D eigenvalue weighted by Crippen LogP contribution is -1.94. The van der Waals surface area contributed by atoms with E-state index in [0.717, 1.165) is 5.92 Å². The number of hydrogen-bond acceptors (Lipinski definition) is 0. The monoisotopic (exact) mass is 250 g/mol. The smallest absolute Gasteiger partial charge is 0.0156 e. The molecule has 3 rings (SSSR count). The van der Waals surface area contributed by atoms with Crippen molar-refractivity contribution >= 4 is 0 Å². The molecule has 0 amide bonds. The second kappa shape index (κ2) is 6.06. The van der Waals surface area contributed by atoms with Gasteiger partial charge in [0.15, 0.2) is 0 Å². The van der Waals surface area contributed by atoms with Crippen molar-refractivity contribution in [2.45, 2.75) is 44.4 Å². The van der Waals surface area contributed by atoms with E-state index in [0.29, 0.717) is 0 Å². The molecule has 0 fully saturated rings. The summed E-state index contributed by atoms with van der Waals surface area (Å²) in [5.41, 5.74) is 4.70. The van der Waals surface area contributed by atoms with E-state index in [2.05, 4.69) is 54.6 Å². The summed E-state index contributed by atoms with van der Waals surface area (Å²) in [5, 5.41) is 0. The first-order valence-electron chi connectivity index (χ1n) is 7.55. The van der Waals surface area contributed by atoms with Crippen LogP contribution in [0.25, 0.3) is 0 Å². The first-order valence-corrected chi connectivity index (χ1v) is 7.55. The Bertz CT molecular complexity index is 513. The van der Waals surface area contributed by atoms with Gasteiger partial charge in [0.2, 0.25) is 0 Å². The molecule has 0 heteroatoms. The van der Waals surface area contributed by atoms with E-state index in [4.69, 9.17) is 0 Å². The van der Waals surface area contributed by atoms with Crippen molar-refractivity contribution in [1.82, 2.24) is 0 Å². The Hall–Kier alpha value is -1.56. The van der Waals surface area contributed by atoms with Crippen molar-refractivity contribution in [3.05, 3.63) is 71.3 Å². The highest BCUT2D eigenvalue weighted by molar-refractivity contribution is 5.34. The zero-order valence-electron chi connectivity index (χ0n) is 11.5. The van der Waals surface area contributed by atoms with E-state index in [9.17, 15) is 0 Å². The summed E-state index contributed by atoms with van der Waals surface area (Å²) >= 11 is 0. The predicted octanol–water partition coefficient (Wildman–Crippen LogP) is 5.13. The van der Waals surface area contributed by atoms with Crippen molar-refractivity contribution < 1.29 is 0 Å². The van der Waals surface area contributed by atoms with Gasteiger partial charge in [-0.15, -0.1) is 0 Å². The molecule has 0 aliphatic heterocycles. The number of benzene rings is 2. The highest BCUT2D eigenvalue weighted by Gasteiger charge is 2.20. The third-order valence-electron chi connectivity index (χ3n) is 4.37. The van der Waals surface area contributed by atoms with Crippen LogP contribution in [-0.2, 0) is 12.8 Å². The summed E-state index contributed by atoms with van der Waals surface area (Å²) in [6, 6.07) is 19.9. The largest absolute Gasteiger partial charge is 0.0622 e. The Kier molecular flexibility index (Phi) is 3.98. The molecule has 2 aromatic rings. The fraction of sp³-hybridized carbons (Fsp3) is 0.368. The Labute approximate surface area is 116 Å². The van der Waals surface area contributed by atoms with Crippen molar-refractivity contribution in [3.63, 3.8) is 0 Å². The molecule has 0 aromatic heterocycles. The minimum atomic E-state index is 0.826. The van der Waals surface area contributed by atoms with E-state index < -0.39 is 0 Å². The molecule has 1 aliphatic rings.